The Morgan fingerprint density at radius 2 is 1.89 bits per heavy atom. The molecule has 0 atom stereocenters. The maximum Gasteiger partial charge on any atom is 0.181 e. The smallest absolute Gasteiger partial charge is 0.181 e. The van der Waals surface area contributed by atoms with E-state index in [4.69, 9.17) is 4.42 Å². The van der Waals surface area contributed by atoms with Gasteiger partial charge < -0.3 is 9.73 Å². The zero-order valence-corrected chi connectivity index (χ0v) is 17.8. The van der Waals surface area contributed by atoms with E-state index in [0.717, 1.165) is 47.7 Å². The number of aromatic nitrogens is 1. The van der Waals surface area contributed by atoms with Gasteiger partial charge in [0.05, 0.1) is 0 Å². The molecule has 4 heteroatoms. The first-order valence-electron chi connectivity index (χ1n) is 9.75. The van der Waals surface area contributed by atoms with Crippen LogP contribution in [0.4, 0.5) is 0 Å². The second-order valence-corrected chi connectivity index (χ2v) is 5.22. The largest absolute Gasteiger partial charge is 0.448 e. The minimum absolute atomic E-state index is 0.814. The fourth-order valence-corrected chi connectivity index (χ4v) is 2.56. The van der Waals surface area contributed by atoms with Crippen LogP contribution in [-0.4, -0.2) is 11.7 Å². The van der Waals surface area contributed by atoms with Gasteiger partial charge >= 0.3 is 0 Å². The Labute approximate surface area is 165 Å². The molecule has 1 aromatic rings. The molecule has 0 spiro atoms. The highest BCUT2D eigenvalue weighted by atomic mass is 16.3. The van der Waals surface area contributed by atoms with Crippen LogP contribution in [-0.2, 0) is 6.42 Å². The summed E-state index contributed by atoms with van der Waals surface area (Å²) in [7, 11) is 0. The lowest BCUT2D eigenvalue weighted by molar-refractivity contribution is 0.493. The molecule has 0 aromatic carbocycles. The number of nitrogens with one attached hydrogen (secondary N) is 1. The van der Waals surface area contributed by atoms with Crippen molar-refractivity contribution in [3.63, 3.8) is 0 Å². The predicted molar refractivity (Wildman–Crippen MR) is 119 cm³/mol. The summed E-state index contributed by atoms with van der Waals surface area (Å²) in [5, 5.41) is 3.05. The van der Waals surface area contributed by atoms with E-state index in [9.17, 15) is 0 Å². The summed E-state index contributed by atoms with van der Waals surface area (Å²) < 4.78 is 5.15. The number of dihydropyridines is 1. The van der Waals surface area contributed by atoms with Crippen LogP contribution in [0.3, 0.4) is 0 Å². The molecular formula is C23H35N3O. The van der Waals surface area contributed by atoms with Gasteiger partial charge in [0.25, 0.3) is 0 Å². The van der Waals surface area contributed by atoms with Crippen molar-refractivity contribution in [2.45, 2.75) is 60.8 Å². The monoisotopic (exact) mass is 369 g/mol. The molecular weight excluding hydrogens is 334 g/mol. The van der Waals surface area contributed by atoms with E-state index in [-0.39, 0.29) is 0 Å². The molecule has 27 heavy (non-hydrogen) atoms. The molecule has 1 aliphatic carbocycles. The topological polar surface area (TPSA) is 50.4 Å². The van der Waals surface area contributed by atoms with Crippen LogP contribution in [0.5, 0.6) is 0 Å². The third-order valence-electron chi connectivity index (χ3n) is 3.71. The molecule has 0 saturated heterocycles. The molecule has 0 bridgehead atoms. The Kier molecular flexibility index (Phi) is 13.1. The molecule has 2 heterocycles. The predicted octanol–water partition coefficient (Wildman–Crippen LogP) is 6.61. The zero-order chi connectivity index (χ0) is 20.7. The van der Waals surface area contributed by atoms with E-state index in [0.29, 0.717) is 0 Å². The van der Waals surface area contributed by atoms with Gasteiger partial charge in [-0.3, -0.25) is 0 Å². The van der Waals surface area contributed by atoms with Crippen LogP contribution >= 0.6 is 0 Å². The minimum Gasteiger partial charge on any atom is -0.448 e. The first-order valence-corrected chi connectivity index (χ1v) is 9.75. The van der Waals surface area contributed by atoms with Gasteiger partial charge in [0.1, 0.15) is 17.3 Å². The number of allylic oxidation sites excluding steroid dienone is 7. The number of rotatable bonds is 2. The Hall–Kier alpha value is -2.62. The second-order valence-electron chi connectivity index (χ2n) is 5.22. The van der Waals surface area contributed by atoms with Gasteiger partial charge in [-0.25, -0.2) is 9.98 Å². The lowest BCUT2D eigenvalue weighted by Gasteiger charge is -2.13. The molecule has 1 N–H and O–H groups in total. The van der Waals surface area contributed by atoms with E-state index in [1.165, 1.54) is 12.0 Å². The highest BCUT2D eigenvalue weighted by Crippen LogP contribution is 2.27. The van der Waals surface area contributed by atoms with Crippen LogP contribution < -0.4 is 5.32 Å². The van der Waals surface area contributed by atoms with Crippen LogP contribution in [0.15, 0.2) is 69.9 Å². The van der Waals surface area contributed by atoms with E-state index in [1.807, 2.05) is 66.0 Å². The van der Waals surface area contributed by atoms with Gasteiger partial charge in [0.15, 0.2) is 6.39 Å². The van der Waals surface area contributed by atoms with Crippen LogP contribution in [0.1, 0.15) is 65.8 Å². The number of fused-ring (bicyclic) bond motifs is 1. The molecule has 0 saturated carbocycles. The summed E-state index contributed by atoms with van der Waals surface area (Å²) in [6.07, 6.45) is 14.7. The average Bonchev–Trinajstić information content (AvgIpc) is 3.22. The van der Waals surface area contributed by atoms with Gasteiger partial charge in [-0.2, -0.15) is 0 Å². The number of hydrogen-bond donors (Lipinski definition) is 1. The quantitative estimate of drug-likeness (QED) is 0.596. The minimum atomic E-state index is 0.814. The fourth-order valence-electron chi connectivity index (χ4n) is 2.56. The molecule has 4 nitrogen and oxygen atoms in total. The van der Waals surface area contributed by atoms with Crippen molar-refractivity contribution in [3.8, 4) is 0 Å². The van der Waals surface area contributed by atoms with Gasteiger partial charge in [-0.05, 0) is 50.6 Å². The molecule has 0 amide bonds. The highest BCUT2D eigenvalue weighted by Gasteiger charge is 2.15. The van der Waals surface area contributed by atoms with Gasteiger partial charge in [-0.1, -0.05) is 52.5 Å². The van der Waals surface area contributed by atoms with E-state index >= 15 is 0 Å². The molecule has 0 fully saturated rings. The molecule has 3 rings (SSSR count). The van der Waals surface area contributed by atoms with Crippen LogP contribution in [0.2, 0.25) is 0 Å². The van der Waals surface area contributed by atoms with E-state index < -0.39 is 0 Å². The van der Waals surface area contributed by atoms with Crippen molar-refractivity contribution in [1.29, 1.82) is 0 Å². The third-order valence-corrected chi connectivity index (χ3v) is 3.71. The Morgan fingerprint density at radius 3 is 2.44 bits per heavy atom. The van der Waals surface area contributed by atoms with Gasteiger partial charge in [-0.15, -0.1) is 0 Å². The Bertz CT molecular complexity index is 703. The zero-order valence-electron chi connectivity index (χ0n) is 17.8. The number of oxazole rings is 1. The summed E-state index contributed by atoms with van der Waals surface area (Å²) in [5.74, 6) is 1.82. The van der Waals surface area contributed by atoms with Gasteiger partial charge in [0.2, 0.25) is 0 Å². The molecule has 1 aliphatic heterocycles. The maximum absolute atomic E-state index is 5.15. The van der Waals surface area contributed by atoms with Crippen molar-refractivity contribution < 1.29 is 4.42 Å². The van der Waals surface area contributed by atoms with Crippen LogP contribution in [0, 0.1) is 0 Å². The number of hydrogen-bond acceptors (Lipinski definition) is 4. The van der Waals surface area contributed by atoms with Gasteiger partial charge in [0, 0.05) is 18.2 Å². The third kappa shape index (κ3) is 7.26. The first-order chi connectivity index (χ1) is 13.2. The summed E-state index contributed by atoms with van der Waals surface area (Å²) in [4.78, 5) is 7.99. The normalized spacial score (nSPS) is 16.2. The summed E-state index contributed by atoms with van der Waals surface area (Å²) in [5.41, 5.74) is 4.36. The van der Waals surface area contributed by atoms with Crippen molar-refractivity contribution in [2.24, 2.45) is 4.99 Å². The highest BCUT2D eigenvalue weighted by molar-refractivity contribution is 5.62. The lowest BCUT2D eigenvalue weighted by atomic mass is 9.98. The molecule has 148 valence electrons. The van der Waals surface area contributed by atoms with E-state index in [2.05, 4.69) is 34.7 Å². The van der Waals surface area contributed by atoms with Crippen LogP contribution in [0.25, 0.3) is 5.57 Å². The SMILES string of the molecule is C=C1CCCc2ocnc21.C=NC1=C(/C=C\C)/C(=C/C)C=CN1.CC.CC. The second kappa shape index (κ2) is 14.5. The number of nitrogens with zero attached hydrogens (tertiary/aromatic N) is 2. The fraction of sp³-hybridized carbons (Fsp3) is 0.391. The molecule has 2 aliphatic rings. The summed E-state index contributed by atoms with van der Waals surface area (Å²) in [6, 6.07) is 0. The van der Waals surface area contributed by atoms with Crippen molar-refractivity contribution in [1.82, 2.24) is 10.3 Å². The molecule has 1 aromatic heterocycles. The summed E-state index contributed by atoms with van der Waals surface area (Å²) >= 11 is 0. The lowest BCUT2D eigenvalue weighted by Crippen LogP contribution is -2.10. The van der Waals surface area contributed by atoms with Crippen molar-refractivity contribution >= 4 is 12.3 Å². The average molecular weight is 370 g/mol. The maximum atomic E-state index is 5.15. The Balaban J connectivity index is 0.000000430. The van der Waals surface area contributed by atoms with E-state index in [1.54, 1.807) is 0 Å². The molecule has 0 radical (unpaired) electrons. The summed E-state index contributed by atoms with van der Waals surface area (Å²) in [6.45, 7) is 19.4. The number of aryl methyl sites for hydroxylation is 1. The van der Waals surface area contributed by atoms with Crippen molar-refractivity contribution in [2.75, 3.05) is 0 Å². The Morgan fingerprint density at radius 1 is 1.19 bits per heavy atom. The molecule has 0 unspecified atom stereocenters. The van der Waals surface area contributed by atoms with Crippen molar-refractivity contribution in [3.05, 3.63) is 71.9 Å². The standard InChI is InChI=1S/C11H14N2.C8H9NO.2C2H6/c1-4-6-10-9(5-2)7-8-13-11(10)12-3;1-6-3-2-4-7-8(6)9-5-10-7;2*1-2/h4-8,13H,3H2,1-2H3;5H,1-4H2;2*1-2H3/b6-4-,9-5+;;;. The number of aliphatic imine (C=N–C) groups is 1. The first kappa shape index (κ1) is 24.4.